The molecular formula is C32H45N5O7. The molecule has 12 heteroatoms. The van der Waals surface area contributed by atoms with Crippen LogP contribution in [0.1, 0.15) is 75.2 Å². The summed E-state index contributed by atoms with van der Waals surface area (Å²) in [6.45, 7) is 11.7. The molecule has 44 heavy (non-hydrogen) atoms. The second kappa shape index (κ2) is 14.5. The van der Waals surface area contributed by atoms with E-state index in [2.05, 4.69) is 5.16 Å². The van der Waals surface area contributed by atoms with Gasteiger partial charge in [-0.25, -0.2) is 0 Å². The van der Waals surface area contributed by atoms with Gasteiger partial charge in [0.15, 0.2) is 28.6 Å². The van der Waals surface area contributed by atoms with E-state index in [1.54, 1.807) is 44.2 Å². The zero-order valence-corrected chi connectivity index (χ0v) is 26.6. The summed E-state index contributed by atoms with van der Waals surface area (Å²) in [5, 5.41) is 4.21. The van der Waals surface area contributed by atoms with Gasteiger partial charge < -0.3 is 40.8 Å². The lowest BCUT2D eigenvalue weighted by Crippen LogP contribution is -2.60. The number of amides is 1. The van der Waals surface area contributed by atoms with Crippen molar-refractivity contribution in [3.8, 4) is 17.2 Å². The van der Waals surface area contributed by atoms with Crippen LogP contribution in [0.15, 0.2) is 34.9 Å². The largest absolute Gasteiger partial charge is 0.493 e. The fourth-order valence-electron chi connectivity index (χ4n) is 5.07. The number of benzene rings is 2. The van der Waals surface area contributed by atoms with Crippen molar-refractivity contribution in [3.63, 3.8) is 0 Å². The van der Waals surface area contributed by atoms with Gasteiger partial charge in [0, 0.05) is 17.6 Å². The van der Waals surface area contributed by atoms with Crippen molar-refractivity contribution in [2.45, 2.75) is 72.0 Å². The van der Waals surface area contributed by atoms with Gasteiger partial charge >= 0.3 is 0 Å². The number of nitrogens with zero attached hydrogens (tertiary/aromatic N) is 2. The molecule has 1 aromatic heterocycles. The summed E-state index contributed by atoms with van der Waals surface area (Å²) in [5.74, 6) is -0.449. The molecule has 1 heterocycles. The quantitative estimate of drug-likeness (QED) is 0.0920. The van der Waals surface area contributed by atoms with Gasteiger partial charge in [0.1, 0.15) is 17.0 Å². The highest BCUT2D eigenvalue weighted by Crippen LogP contribution is 2.35. The molecule has 0 saturated carbocycles. The average molecular weight is 612 g/mol. The molecule has 0 spiro atoms. The van der Waals surface area contributed by atoms with Gasteiger partial charge in [0.05, 0.1) is 32.3 Å². The Morgan fingerprint density at radius 1 is 0.932 bits per heavy atom. The van der Waals surface area contributed by atoms with Crippen LogP contribution >= 0.6 is 0 Å². The number of unbranched alkanes of at least 4 members (excludes halogenated alkanes) is 1. The van der Waals surface area contributed by atoms with Crippen LogP contribution in [0.4, 0.5) is 5.69 Å². The number of methoxy groups -OCH3 is 1. The Balaban J connectivity index is 1.59. The van der Waals surface area contributed by atoms with Gasteiger partial charge in [-0.2, -0.15) is 0 Å². The molecule has 3 rings (SSSR count). The maximum Gasteiger partial charge on any atom is 0.254 e. The lowest BCUT2D eigenvalue weighted by molar-refractivity contribution is -0.122. The number of ketones is 2. The molecular weight excluding hydrogens is 566 g/mol. The van der Waals surface area contributed by atoms with Crippen LogP contribution in [0.5, 0.6) is 17.2 Å². The summed E-state index contributed by atoms with van der Waals surface area (Å²) < 4.78 is 22.6. The highest BCUT2D eigenvalue weighted by molar-refractivity contribution is 6.22. The number of carbonyl (C=O) groups is 3. The summed E-state index contributed by atoms with van der Waals surface area (Å²) in [7, 11) is 1.54. The van der Waals surface area contributed by atoms with E-state index in [9.17, 15) is 14.4 Å². The number of carbonyl (C=O) groups excluding carboxylic acids is 3. The van der Waals surface area contributed by atoms with Crippen LogP contribution in [0.3, 0.4) is 0 Å². The molecule has 2 aromatic carbocycles. The second-order valence-electron chi connectivity index (χ2n) is 11.5. The average Bonchev–Trinajstić information content (AvgIpc) is 3.42. The molecule has 0 saturated heterocycles. The van der Waals surface area contributed by atoms with Crippen molar-refractivity contribution in [2.24, 2.45) is 17.4 Å². The van der Waals surface area contributed by atoms with Crippen LogP contribution < -0.4 is 31.4 Å². The van der Waals surface area contributed by atoms with Gasteiger partial charge in [-0.1, -0.05) is 19.0 Å². The van der Waals surface area contributed by atoms with Crippen molar-refractivity contribution in [1.82, 2.24) is 10.1 Å². The van der Waals surface area contributed by atoms with Crippen LogP contribution in [0.2, 0.25) is 0 Å². The van der Waals surface area contributed by atoms with Crippen molar-refractivity contribution < 1.29 is 33.1 Å². The molecule has 6 N–H and O–H groups in total. The monoisotopic (exact) mass is 611 g/mol. The first-order valence-corrected chi connectivity index (χ1v) is 14.8. The maximum absolute atomic E-state index is 13.3. The van der Waals surface area contributed by atoms with Crippen LogP contribution in [0.25, 0.3) is 11.0 Å². The Labute approximate surface area is 258 Å². The summed E-state index contributed by atoms with van der Waals surface area (Å²) in [6.07, 6.45) is 1.32. The summed E-state index contributed by atoms with van der Waals surface area (Å²) in [5.41, 5.74) is 17.0. The third-order valence-corrected chi connectivity index (χ3v) is 7.60. The maximum atomic E-state index is 13.3. The molecule has 3 aromatic rings. The number of aromatic nitrogens is 1. The number of nitrogen functional groups attached to an aromatic ring is 1. The van der Waals surface area contributed by atoms with E-state index in [1.165, 1.54) is 7.11 Å². The van der Waals surface area contributed by atoms with E-state index in [0.29, 0.717) is 54.3 Å². The van der Waals surface area contributed by atoms with Gasteiger partial charge in [-0.15, -0.1) is 0 Å². The second-order valence-corrected chi connectivity index (χ2v) is 11.5. The van der Waals surface area contributed by atoms with Crippen molar-refractivity contribution in [3.05, 3.63) is 41.6 Å². The molecule has 12 nitrogen and oxygen atoms in total. The van der Waals surface area contributed by atoms with Gasteiger partial charge in [0.25, 0.3) is 5.91 Å². The molecule has 1 atom stereocenters. The minimum Gasteiger partial charge on any atom is -0.493 e. The number of anilines is 1. The lowest BCUT2D eigenvalue weighted by Gasteiger charge is -2.31. The van der Waals surface area contributed by atoms with E-state index in [0.717, 1.165) is 0 Å². The van der Waals surface area contributed by atoms with Crippen LogP contribution in [-0.2, 0) is 4.79 Å². The smallest absolute Gasteiger partial charge is 0.254 e. The molecule has 240 valence electrons. The first kappa shape index (κ1) is 34.3. The zero-order valence-electron chi connectivity index (χ0n) is 26.6. The minimum atomic E-state index is -1.84. The van der Waals surface area contributed by atoms with Crippen molar-refractivity contribution >= 4 is 34.1 Å². The fourth-order valence-corrected chi connectivity index (χ4v) is 5.07. The SMILES string of the molecule is COc1cc(C(=O)N(C(C)C)C(C)C)ccc1OCCCCOc1ccc2c(C(=O)C(N)(C(=O)CN)C(C)C)noc2c1N. The first-order valence-electron chi connectivity index (χ1n) is 14.8. The molecule has 0 bridgehead atoms. The standard InChI is InChI=1S/C32H45N5O7/c1-18(2)32(35,26(38)17-33)30(39)28-22-11-13-24(27(34)29(22)44-36-28)43-15-9-8-14-42-23-12-10-21(16-25(23)41-7)31(40)37(19(3)4)20(5)6/h10-13,16,18-20H,8-9,14-15,17,33-35H2,1-7H3. The number of Topliss-reactive ketones (excluding diaryl/α,β-unsaturated/α-hetero) is 2. The van der Waals surface area contributed by atoms with Crippen molar-refractivity contribution in [1.29, 1.82) is 0 Å². The predicted molar refractivity (Wildman–Crippen MR) is 168 cm³/mol. The minimum absolute atomic E-state index is 0.0626. The van der Waals surface area contributed by atoms with Crippen molar-refractivity contribution in [2.75, 3.05) is 32.6 Å². The molecule has 0 aliphatic carbocycles. The highest BCUT2D eigenvalue weighted by Gasteiger charge is 2.46. The summed E-state index contributed by atoms with van der Waals surface area (Å²) >= 11 is 0. The van der Waals surface area contributed by atoms with Gasteiger partial charge in [-0.05, 0) is 76.8 Å². The van der Waals surface area contributed by atoms with Gasteiger partial charge in [0.2, 0.25) is 5.78 Å². The third-order valence-electron chi connectivity index (χ3n) is 7.60. The zero-order chi connectivity index (χ0) is 32.8. The topological polar surface area (TPSA) is 186 Å². The lowest BCUT2D eigenvalue weighted by atomic mass is 9.78. The fraction of sp³-hybridized carbons (Fsp3) is 0.500. The van der Waals surface area contributed by atoms with E-state index >= 15 is 0 Å². The molecule has 1 unspecified atom stereocenters. The van der Waals surface area contributed by atoms with Crippen LogP contribution in [0, 0.1) is 5.92 Å². The van der Waals surface area contributed by atoms with E-state index in [1.807, 2.05) is 32.6 Å². The summed E-state index contributed by atoms with van der Waals surface area (Å²) in [4.78, 5) is 40.6. The Hall–Kier alpha value is -4.16. The van der Waals surface area contributed by atoms with Gasteiger partial charge in [-0.3, -0.25) is 14.4 Å². The summed E-state index contributed by atoms with van der Waals surface area (Å²) in [6, 6.07) is 8.54. The molecule has 0 radical (unpaired) electrons. The van der Waals surface area contributed by atoms with E-state index < -0.39 is 23.0 Å². The molecule has 0 fully saturated rings. The Morgan fingerprint density at radius 3 is 2.07 bits per heavy atom. The number of fused-ring (bicyclic) bond motifs is 1. The van der Waals surface area contributed by atoms with Crippen LogP contribution in [-0.4, -0.2) is 72.0 Å². The number of nitrogens with two attached hydrogens (primary N) is 3. The van der Waals surface area contributed by atoms with E-state index in [4.69, 9.17) is 35.9 Å². The number of rotatable bonds is 16. The molecule has 0 aliphatic heterocycles. The predicted octanol–water partition coefficient (Wildman–Crippen LogP) is 3.98. The van der Waals surface area contributed by atoms with E-state index in [-0.39, 0.29) is 41.5 Å². The highest BCUT2D eigenvalue weighted by atomic mass is 16.5. The number of hydrogen-bond donors (Lipinski definition) is 3. The Bertz CT molecular complexity index is 1480. The Kier molecular flexibility index (Phi) is 11.3. The number of hydrogen-bond acceptors (Lipinski definition) is 11. The molecule has 0 aliphatic rings. The number of ether oxygens (including phenoxy) is 3. The normalized spacial score (nSPS) is 12.9. The molecule has 1 amide bonds. The third kappa shape index (κ3) is 6.97. The first-order chi connectivity index (χ1) is 20.8. The Morgan fingerprint density at radius 2 is 1.52 bits per heavy atom.